The molecule has 1 aromatic rings. The van der Waals surface area contributed by atoms with Crippen LogP contribution in [0.1, 0.15) is 37.9 Å². The van der Waals surface area contributed by atoms with Crippen molar-refractivity contribution in [1.29, 1.82) is 0 Å². The van der Waals surface area contributed by atoms with Gasteiger partial charge in [0, 0.05) is 12.0 Å². The highest BCUT2D eigenvalue weighted by Crippen LogP contribution is 2.40. The van der Waals surface area contributed by atoms with Crippen LogP contribution in [0, 0.1) is 11.8 Å². The highest BCUT2D eigenvalue weighted by Gasteiger charge is 2.41. The number of ether oxygens (including phenoxy) is 1. The van der Waals surface area contributed by atoms with Crippen molar-refractivity contribution < 1.29 is 17.9 Å². The second-order valence-electron chi connectivity index (χ2n) is 5.63. The Morgan fingerprint density at radius 3 is 2.00 bits per heavy atom. The van der Waals surface area contributed by atoms with Gasteiger partial charge in [-0.2, -0.15) is 13.2 Å². The van der Waals surface area contributed by atoms with Gasteiger partial charge in [0.25, 0.3) is 0 Å². The predicted molar refractivity (Wildman–Crippen MR) is 71.0 cm³/mol. The number of rotatable bonds is 2. The Hall–Kier alpha value is -1.07. The molecule has 1 saturated heterocycles. The van der Waals surface area contributed by atoms with Crippen LogP contribution < -0.4 is 5.73 Å². The molecule has 0 radical (unpaired) electrons. The second kappa shape index (κ2) is 5.37. The largest absolute Gasteiger partial charge is 0.416 e. The zero-order chi connectivity index (χ0) is 15.1. The van der Waals surface area contributed by atoms with Crippen molar-refractivity contribution in [3.8, 4) is 0 Å². The summed E-state index contributed by atoms with van der Waals surface area (Å²) >= 11 is 0. The molecule has 0 bridgehead atoms. The zero-order valence-corrected chi connectivity index (χ0v) is 11.8. The number of hydrogen-bond donors (Lipinski definition) is 1. The maximum atomic E-state index is 12.5. The molecule has 0 spiro atoms. The molecule has 5 unspecified atom stereocenters. The molecule has 0 saturated carbocycles. The number of nitrogens with two attached hydrogens (primary N) is 1. The van der Waals surface area contributed by atoms with Gasteiger partial charge in [0.05, 0.1) is 17.8 Å². The van der Waals surface area contributed by atoms with Crippen LogP contribution in [0.25, 0.3) is 0 Å². The lowest BCUT2D eigenvalue weighted by Gasteiger charge is -2.26. The van der Waals surface area contributed by atoms with Gasteiger partial charge in [-0.3, -0.25) is 0 Å². The summed E-state index contributed by atoms with van der Waals surface area (Å²) < 4.78 is 43.4. The van der Waals surface area contributed by atoms with E-state index in [1.165, 1.54) is 12.1 Å². The Morgan fingerprint density at radius 2 is 1.60 bits per heavy atom. The average molecular weight is 287 g/mol. The molecule has 1 heterocycles. The van der Waals surface area contributed by atoms with E-state index in [4.69, 9.17) is 10.5 Å². The fourth-order valence-electron chi connectivity index (χ4n) is 3.03. The summed E-state index contributed by atoms with van der Waals surface area (Å²) in [6, 6.07) is 4.80. The fraction of sp³-hybridized carbons (Fsp3) is 0.600. The molecule has 2 nitrogen and oxygen atoms in total. The molecule has 2 rings (SSSR count). The minimum Gasteiger partial charge on any atom is -0.375 e. The molecule has 0 aliphatic carbocycles. The van der Waals surface area contributed by atoms with Crippen LogP contribution in [0.15, 0.2) is 24.3 Å². The quantitative estimate of drug-likeness (QED) is 0.898. The van der Waals surface area contributed by atoms with Crippen LogP contribution in [0.5, 0.6) is 0 Å². The molecule has 0 aromatic heterocycles. The summed E-state index contributed by atoms with van der Waals surface area (Å²) in [7, 11) is 0. The summed E-state index contributed by atoms with van der Waals surface area (Å²) in [6.07, 6.45) is -4.18. The Bertz CT molecular complexity index is 457. The summed E-state index contributed by atoms with van der Waals surface area (Å²) in [6.45, 7) is 6.04. The van der Waals surface area contributed by atoms with E-state index in [2.05, 4.69) is 6.92 Å². The van der Waals surface area contributed by atoms with Crippen molar-refractivity contribution >= 4 is 0 Å². The van der Waals surface area contributed by atoms with Gasteiger partial charge in [-0.1, -0.05) is 19.1 Å². The van der Waals surface area contributed by atoms with Crippen molar-refractivity contribution in [2.45, 2.75) is 45.2 Å². The van der Waals surface area contributed by atoms with Crippen molar-refractivity contribution in [2.24, 2.45) is 17.6 Å². The first-order valence-corrected chi connectivity index (χ1v) is 6.80. The van der Waals surface area contributed by atoms with Crippen LogP contribution in [-0.2, 0) is 10.9 Å². The summed E-state index contributed by atoms with van der Waals surface area (Å²) in [4.78, 5) is 0. The Kier molecular flexibility index (Phi) is 4.12. The molecular weight excluding hydrogens is 267 g/mol. The maximum absolute atomic E-state index is 12.5. The summed E-state index contributed by atoms with van der Waals surface area (Å²) in [5, 5.41) is 0. The molecule has 5 heteroatoms. The molecule has 1 aromatic carbocycles. The SMILES string of the molecule is CC1OC(C)C(C(N)c2ccc(C(F)(F)F)cc2)C1C. The molecular formula is C15H20F3NO. The highest BCUT2D eigenvalue weighted by molar-refractivity contribution is 5.27. The number of benzene rings is 1. The van der Waals surface area contributed by atoms with E-state index >= 15 is 0 Å². The van der Waals surface area contributed by atoms with Crippen LogP contribution in [-0.4, -0.2) is 12.2 Å². The first-order chi connectivity index (χ1) is 9.21. The van der Waals surface area contributed by atoms with E-state index in [1.54, 1.807) is 0 Å². The number of halogens is 3. The van der Waals surface area contributed by atoms with Crippen LogP contribution >= 0.6 is 0 Å². The lowest BCUT2D eigenvalue weighted by molar-refractivity contribution is -0.137. The van der Waals surface area contributed by atoms with Crippen LogP contribution in [0.4, 0.5) is 13.2 Å². The molecule has 2 N–H and O–H groups in total. The Balaban J connectivity index is 2.19. The molecule has 1 aliphatic rings. The Morgan fingerprint density at radius 1 is 1.05 bits per heavy atom. The molecule has 5 atom stereocenters. The summed E-state index contributed by atoms with van der Waals surface area (Å²) in [5.74, 6) is 0.393. The first kappa shape index (κ1) is 15.3. The van der Waals surface area contributed by atoms with Crippen LogP contribution in [0.2, 0.25) is 0 Å². The Labute approximate surface area is 117 Å². The molecule has 1 fully saturated rings. The third-order valence-electron chi connectivity index (χ3n) is 4.36. The lowest BCUT2D eigenvalue weighted by Crippen LogP contribution is -2.30. The highest BCUT2D eigenvalue weighted by atomic mass is 19.4. The van der Waals surface area contributed by atoms with Crippen molar-refractivity contribution in [3.05, 3.63) is 35.4 Å². The normalized spacial score (nSPS) is 32.4. The molecule has 1 aliphatic heterocycles. The van der Waals surface area contributed by atoms with Gasteiger partial charge in [-0.15, -0.1) is 0 Å². The number of hydrogen-bond acceptors (Lipinski definition) is 2. The van der Waals surface area contributed by atoms with Crippen molar-refractivity contribution in [2.75, 3.05) is 0 Å². The summed E-state index contributed by atoms with van der Waals surface area (Å²) in [5.41, 5.74) is 6.32. The maximum Gasteiger partial charge on any atom is 0.416 e. The average Bonchev–Trinajstić information content (AvgIpc) is 2.62. The molecule has 20 heavy (non-hydrogen) atoms. The lowest BCUT2D eigenvalue weighted by atomic mass is 9.81. The van der Waals surface area contributed by atoms with Crippen molar-refractivity contribution in [3.63, 3.8) is 0 Å². The molecule has 112 valence electrons. The van der Waals surface area contributed by atoms with Gasteiger partial charge in [-0.25, -0.2) is 0 Å². The third-order valence-corrected chi connectivity index (χ3v) is 4.36. The topological polar surface area (TPSA) is 35.2 Å². The van der Waals surface area contributed by atoms with Gasteiger partial charge < -0.3 is 10.5 Å². The van der Waals surface area contributed by atoms with Gasteiger partial charge in [-0.05, 0) is 37.5 Å². The van der Waals surface area contributed by atoms with Gasteiger partial charge in [0.2, 0.25) is 0 Å². The second-order valence-corrected chi connectivity index (χ2v) is 5.63. The van der Waals surface area contributed by atoms with Crippen LogP contribution in [0.3, 0.4) is 0 Å². The predicted octanol–water partition coefficient (Wildman–Crippen LogP) is 3.76. The standard InChI is InChI=1S/C15H20F3NO/c1-8-9(2)20-10(3)13(8)14(19)11-4-6-12(7-5-11)15(16,17)18/h4-10,13-14H,19H2,1-3H3. The van der Waals surface area contributed by atoms with Crippen molar-refractivity contribution in [1.82, 2.24) is 0 Å². The van der Waals surface area contributed by atoms with Gasteiger partial charge >= 0.3 is 6.18 Å². The van der Waals surface area contributed by atoms with E-state index in [9.17, 15) is 13.2 Å². The minimum atomic E-state index is -4.31. The fourth-order valence-corrected chi connectivity index (χ4v) is 3.03. The van der Waals surface area contributed by atoms with E-state index < -0.39 is 11.7 Å². The van der Waals surface area contributed by atoms with E-state index in [0.29, 0.717) is 0 Å². The van der Waals surface area contributed by atoms with Gasteiger partial charge in [0.15, 0.2) is 0 Å². The van der Waals surface area contributed by atoms with Gasteiger partial charge in [0.1, 0.15) is 0 Å². The van der Waals surface area contributed by atoms with E-state index in [0.717, 1.165) is 17.7 Å². The zero-order valence-electron chi connectivity index (χ0n) is 11.8. The smallest absolute Gasteiger partial charge is 0.375 e. The number of alkyl halides is 3. The third kappa shape index (κ3) is 2.83. The minimum absolute atomic E-state index is 0.0114. The first-order valence-electron chi connectivity index (χ1n) is 6.80. The van der Waals surface area contributed by atoms with E-state index in [-0.39, 0.29) is 30.1 Å². The van der Waals surface area contributed by atoms with E-state index in [1.807, 2.05) is 13.8 Å². The molecule has 0 amide bonds. The monoisotopic (exact) mass is 287 g/mol.